The van der Waals surface area contributed by atoms with Crippen molar-refractivity contribution in [1.82, 2.24) is 5.32 Å². The molecule has 1 aliphatic heterocycles. The Hall–Kier alpha value is -2.32. The summed E-state index contributed by atoms with van der Waals surface area (Å²) in [5.74, 6) is 0. The Balaban J connectivity index is 1.50. The molecule has 0 saturated carbocycles. The number of hydrogen-bond acceptors (Lipinski definition) is 2. The summed E-state index contributed by atoms with van der Waals surface area (Å²) in [5.41, 5.74) is 5.67. The summed E-state index contributed by atoms with van der Waals surface area (Å²) in [6.45, 7) is 7.66. The van der Waals surface area contributed by atoms with Crippen LogP contribution in [0.15, 0.2) is 60.7 Å². The lowest BCUT2D eigenvalue weighted by Crippen LogP contribution is -2.19. The van der Waals surface area contributed by atoms with Crippen LogP contribution in [0.5, 0.6) is 0 Å². The standard InChI is InChI=1S/C23H26N2/c1-3-25-14-13-20-15-18(11-12-23(20)25)16-24-17(2)21-10-6-8-19-7-4-5-9-22(19)21/h4-12,15,17,24H,3,13-14,16H2,1-2H3/t17-/m1/s1. The van der Waals surface area contributed by atoms with Crippen LogP contribution in [0.4, 0.5) is 5.69 Å². The van der Waals surface area contributed by atoms with Gasteiger partial charge in [-0.15, -0.1) is 0 Å². The molecule has 128 valence electrons. The first-order valence-electron chi connectivity index (χ1n) is 9.34. The van der Waals surface area contributed by atoms with E-state index in [2.05, 4.69) is 84.7 Å². The van der Waals surface area contributed by atoms with Gasteiger partial charge in [-0.3, -0.25) is 0 Å². The minimum Gasteiger partial charge on any atom is -0.371 e. The van der Waals surface area contributed by atoms with Crippen molar-refractivity contribution in [3.8, 4) is 0 Å². The van der Waals surface area contributed by atoms with Crippen LogP contribution in [0.1, 0.15) is 36.6 Å². The first kappa shape index (κ1) is 16.2. The molecule has 25 heavy (non-hydrogen) atoms. The van der Waals surface area contributed by atoms with Crippen molar-refractivity contribution < 1.29 is 0 Å². The zero-order chi connectivity index (χ0) is 17.2. The van der Waals surface area contributed by atoms with E-state index in [0.717, 1.165) is 19.6 Å². The molecule has 1 atom stereocenters. The minimum absolute atomic E-state index is 0.325. The second kappa shape index (κ2) is 6.89. The number of nitrogens with zero attached hydrogens (tertiary/aromatic N) is 1. The number of benzene rings is 3. The van der Waals surface area contributed by atoms with Gasteiger partial charge in [0, 0.05) is 31.4 Å². The first-order chi connectivity index (χ1) is 12.3. The third-order valence-electron chi connectivity index (χ3n) is 5.42. The van der Waals surface area contributed by atoms with Crippen LogP contribution >= 0.6 is 0 Å². The van der Waals surface area contributed by atoms with Gasteiger partial charge in [0.15, 0.2) is 0 Å². The van der Waals surface area contributed by atoms with Crippen LogP contribution < -0.4 is 10.2 Å². The van der Waals surface area contributed by atoms with Crippen molar-refractivity contribution in [3.05, 3.63) is 77.4 Å². The normalized spacial score (nSPS) is 14.7. The van der Waals surface area contributed by atoms with E-state index in [9.17, 15) is 0 Å². The highest BCUT2D eigenvalue weighted by Crippen LogP contribution is 2.29. The van der Waals surface area contributed by atoms with E-state index in [0.29, 0.717) is 6.04 Å². The summed E-state index contributed by atoms with van der Waals surface area (Å²) in [4.78, 5) is 2.46. The van der Waals surface area contributed by atoms with Gasteiger partial charge in [-0.1, -0.05) is 54.6 Å². The fourth-order valence-electron chi connectivity index (χ4n) is 3.97. The van der Waals surface area contributed by atoms with E-state index in [-0.39, 0.29) is 0 Å². The molecule has 2 nitrogen and oxygen atoms in total. The predicted molar refractivity (Wildman–Crippen MR) is 107 cm³/mol. The average molecular weight is 330 g/mol. The van der Waals surface area contributed by atoms with Crippen LogP contribution in [0, 0.1) is 0 Å². The monoisotopic (exact) mass is 330 g/mol. The maximum absolute atomic E-state index is 3.71. The molecule has 3 aromatic rings. The molecule has 0 radical (unpaired) electrons. The summed E-state index contributed by atoms with van der Waals surface area (Å²) < 4.78 is 0. The number of fused-ring (bicyclic) bond motifs is 2. The van der Waals surface area contributed by atoms with Gasteiger partial charge in [-0.2, -0.15) is 0 Å². The van der Waals surface area contributed by atoms with E-state index in [1.54, 1.807) is 0 Å². The van der Waals surface area contributed by atoms with Crippen molar-refractivity contribution >= 4 is 16.5 Å². The van der Waals surface area contributed by atoms with Gasteiger partial charge in [0.2, 0.25) is 0 Å². The second-order valence-corrected chi connectivity index (χ2v) is 6.96. The van der Waals surface area contributed by atoms with Gasteiger partial charge in [0.25, 0.3) is 0 Å². The Morgan fingerprint density at radius 2 is 1.88 bits per heavy atom. The number of nitrogens with one attached hydrogen (secondary N) is 1. The van der Waals surface area contributed by atoms with Crippen molar-refractivity contribution in [2.24, 2.45) is 0 Å². The van der Waals surface area contributed by atoms with Gasteiger partial charge in [-0.25, -0.2) is 0 Å². The van der Waals surface area contributed by atoms with Gasteiger partial charge in [0.1, 0.15) is 0 Å². The molecule has 0 unspecified atom stereocenters. The summed E-state index contributed by atoms with van der Waals surface area (Å²) in [7, 11) is 0. The van der Waals surface area contributed by atoms with Crippen molar-refractivity contribution in [2.45, 2.75) is 32.9 Å². The highest BCUT2D eigenvalue weighted by molar-refractivity contribution is 5.86. The van der Waals surface area contributed by atoms with Crippen molar-refractivity contribution in [2.75, 3.05) is 18.0 Å². The van der Waals surface area contributed by atoms with Crippen LogP contribution in [-0.4, -0.2) is 13.1 Å². The van der Waals surface area contributed by atoms with E-state index in [1.165, 1.54) is 39.6 Å². The molecule has 1 heterocycles. The maximum Gasteiger partial charge on any atom is 0.0399 e. The molecule has 0 bridgehead atoms. The summed E-state index contributed by atoms with van der Waals surface area (Å²) in [5, 5.41) is 6.37. The molecule has 0 saturated heterocycles. The lowest BCUT2D eigenvalue weighted by Gasteiger charge is -2.18. The summed E-state index contributed by atoms with van der Waals surface area (Å²) in [6, 6.07) is 22.5. The number of anilines is 1. The molecule has 1 N–H and O–H groups in total. The molecule has 0 amide bonds. The molecular weight excluding hydrogens is 304 g/mol. The average Bonchev–Trinajstić information content (AvgIpc) is 3.08. The molecular formula is C23H26N2. The number of hydrogen-bond donors (Lipinski definition) is 1. The molecule has 0 aromatic heterocycles. The highest BCUT2D eigenvalue weighted by atomic mass is 15.1. The van der Waals surface area contributed by atoms with E-state index in [4.69, 9.17) is 0 Å². The predicted octanol–water partition coefficient (Wildman–Crippen LogP) is 5.07. The molecule has 2 heteroatoms. The zero-order valence-corrected chi connectivity index (χ0v) is 15.1. The lowest BCUT2D eigenvalue weighted by molar-refractivity contribution is 0.578. The van der Waals surface area contributed by atoms with Gasteiger partial charge in [-0.05, 0) is 53.8 Å². The van der Waals surface area contributed by atoms with Crippen LogP contribution in [0.3, 0.4) is 0 Å². The maximum atomic E-state index is 3.71. The smallest absolute Gasteiger partial charge is 0.0399 e. The van der Waals surface area contributed by atoms with Crippen molar-refractivity contribution in [3.63, 3.8) is 0 Å². The lowest BCUT2D eigenvalue weighted by atomic mass is 9.99. The first-order valence-corrected chi connectivity index (χ1v) is 9.34. The van der Waals surface area contributed by atoms with E-state index >= 15 is 0 Å². The highest BCUT2D eigenvalue weighted by Gasteiger charge is 2.17. The molecule has 0 aliphatic carbocycles. The van der Waals surface area contributed by atoms with E-state index < -0.39 is 0 Å². The Labute approximate surface area is 150 Å². The Kier molecular flexibility index (Phi) is 4.46. The largest absolute Gasteiger partial charge is 0.371 e. The summed E-state index contributed by atoms with van der Waals surface area (Å²) in [6.07, 6.45) is 1.18. The molecule has 0 spiro atoms. The van der Waals surface area contributed by atoms with Crippen LogP contribution in [0.25, 0.3) is 10.8 Å². The Morgan fingerprint density at radius 1 is 1.04 bits per heavy atom. The van der Waals surface area contributed by atoms with Crippen molar-refractivity contribution in [1.29, 1.82) is 0 Å². The molecule has 1 aliphatic rings. The Morgan fingerprint density at radius 3 is 2.76 bits per heavy atom. The third-order valence-corrected chi connectivity index (χ3v) is 5.42. The third kappa shape index (κ3) is 3.14. The molecule has 3 aromatic carbocycles. The number of rotatable bonds is 5. The second-order valence-electron chi connectivity index (χ2n) is 6.96. The quantitative estimate of drug-likeness (QED) is 0.702. The Bertz CT molecular complexity index is 879. The fraction of sp³-hybridized carbons (Fsp3) is 0.304. The fourth-order valence-corrected chi connectivity index (χ4v) is 3.97. The SMILES string of the molecule is CCN1CCc2cc(CN[C@H](C)c3cccc4ccccc34)ccc21. The van der Waals surface area contributed by atoms with Crippen LogP contribution in [0.2, 0.25) is 0 Å². The molecule has 0 fully saturated rings. The van der Waals surface area contributed by atoms with E-state index in [1.807, 2.05) is 0 Å². The molecule has 4 rings (SSSR count). The van der Waals surface area contributed by atoms with Crippen LogP contribution in [-0.2, 0) is 13.0 Å². The van der Waals surface area contributed by atoms with Gasteiger partial charge >= 0.3 is 0 Å². The summed E-state index contributed by atoms with van der Waals surface area (Å²) >= 11 is 0. The minimum atomic E-state index is 0.325. The van der Waals surface area contributed by atoms with Gasteiger partial charge < -0.3 is 10.2 Å². The zero-order valence-electron chi connectivity index (χ0n) is 15.1. The topological polar surface area (TPSA) is 15.3 Å². The van der Waals surface area contributed by atoms with Gasteiger partial charge in [0.05, 0.1) is 0 Å². The number of likely N-dealkylation sites (N-methyl/N-ethyl adjacent to an activating group) is 1.